The minimum Gasteiger partial charge on any atom is -0.480 e. The third kappa shape index (κ3) is 2.72. The molecule has 80 valence electrons. The predicted molar refractivity (Wildman–Crippen MR) is 51.7 cm³/mol. The summed E-state index contributed by atoms with van der Waals surface area (Å²) in [6.45, 7) is 3.76. The molecule has 2 N–H and O–H groups in total. The molecule has 14 heavy (non-hydrogen) atoms. The first-order valence-electron chi connectivity index (χ1n) is 5.09. The van der Waals surface area contributed by atoms with Crippen LogP contribution in [0.5, 0.6) is 0 Å². The standard InChI is InChI=1S/C10H17NO3/c1-3-6(2)8(10(13)14)11-9(12)7-4-5-7/h6-8H,3-5H2,1-2H3,(H,11,12)(H,13,14)/t6-,8+/m0/s1. The van der Waals surface area contributed by atoms with E-state index in [9.17, 15) is 9.59 Å². The number of rotatable bonds is 5. The Balaban J connectivity index is 2.49. The first-order chi connectivity index (χ1) is 6.56. The van der Waals surface area contributed by atoms with Crippen molar-refractivity contribution in [3.8, 4) is 0 Å². The summed E-state index contributed by atoms with van der Waals surface area (Å²) in [7, 11) is 0. The van der Waals surface area contributed by atoms with E-state index in [1.54, 1.807) is 0 Å². The Bertz CT molecular complexity index is 236. The maximum absolute atomic E-state index is 11.4. The van der Waals surface area contributed by atoms with Gasteiger partial charge in [-0.25, -0.2) is 4.79 Å². The van der Waals surface area contributed by atoms with Crippen molar-refractivity contribution in [1.29, 1.82) is 0 Å². The van der Waals surface area contributed by atoms with Gasteiger partial charge in [0.25, 0.3) is 0 Å². The van der Waals surface area contributed by atoms with Crippen molar-refractivity contribution < 1.29 is 14.7 Å². The molecule has 4 heteroatoms. The quantitative estimate of drug-likeness (QED) is 0.694. The molecule has 0 unspecified atom stereocenters. The van der Waals surface area contributed by atoms with E-state index < -0.39 is 12.0 Å². The van der Waals surface area contributed by atoms with Crippen LogP contribution in [0.2, 0.25) is 0 Å². The van der Waals surface area contributed by atoms with Crippen LogP contribution in [0.15, 0.2) is 0 Å². The van der Waals surface area contributed by atoms with Crippen molar-refractivity contribution in [2.75, 3.05) is 0 Å². The van der Waals surface area contributed by atoms with E-state index in [1.165, 1.54) is 0 Å². The first kappa shape index (κ1) is 11.0. The van der Waals surface area contributed by atoms with Crippen molar-refractivity contribution in [2.24, 2.45) is 11.8 Å². The van der Waals surface area contributed by atoms with Gasteiger partial charge in [-0.15, -0.1) is 0 Å². The Morgan fingerprint density at radius 2 is 2.07 bits per heavy atom. The molecule has 0 heterocycles. The molecular weight excluding hydrogens is 182 g/mol. The molecule has 0 aromatic heterocycles. The Morgan fingerprint density at radius 3 is 2.43 bits per heavy atom. The molecule has 1 rings (SSSR count). The maximum Gasteiger partial charge on any atom is 0.326 e. The number of carbonyl (C=O) groups is 2. The lowest BCUT2D eigenvalue weighted by molar-refractivity contribution is -0.143. The summed E-state index contributed by atoms with van der Waals surface area (Å²) in [6, 6.07) is -0.729. The SMILES string of the molecule is CC[C@H](C)[C@@H](NC(=O)C1CC1)C(=O)O. The van der Waals surface area contributed by atoms with E-state index in [2.05, 4.69) is 5.32 Å². The van der Waals surface area contributed by atoms with Gasteiger partial charge in [-0.05, 0) is 18.8 Å². The lowest BCUT2D eigenvalue weighted by Crippen LogP contribution is -2.45. The van der Waals surface area contributed by atoms with Crippen LogP contribution in [0.3, 0.4) is 0 Å². The van der Waals surface area contributed by atoms with E-state index in [0.717, 1.165) is 19.3 Å². The minimum absolute atomic E-state index is 0.0183. The van der Waals surface area contributed by atoms with Gasteiger partial charge in [0.2, 0.25) is 5.91 Å². The number of nitrogens with one attached hydrogen (secondary N) is 1. The van der Waals surface area contributed by atoms with Gasteiger partial charge < -0.3 is 10.4 Å². The van der Waals surface area contributed by atoms with Crippen molar-refractivity contribution >= 4 is 11.9 Å². The zero-order valence-electron chi connectivity index (χ0n) is 8.62. The number of hydrogen-bond donors (Lipinski definition) is 2. The average Bonchev–Trinajstić information content (AvgIpc) is 2.95. The third-order valence-corrected chi connectivity index (χ3v) is 2.72. The van der Waals surface area contributed by atoms with Gasteiger partial charge in [0.15, 0.2) is 0 Å². The highest BCUT2D eigenvalue weighted by Gasteiger charge is 2.33. The second kappa shape index (κ2) is 4.44. The van der Waals surface area contributed by atoms with Crippen LogP contribution in [0, 0.1) is 11.8 Å². The molecule has 1 aliphatic rings. The summed E-state index contributed by atoms with van der Waals surface area (Å²) in [4.78, 5) is 22.2. The fourth-order valence-electron chi connectivity index (χ4n) is 1.30. The Kier molecular flexibility index (Phi) is 3.49. The van der Waals surface area contributed by atoms with Gasteiger partial charge >= 0.3 is 5.97 Å². The fourth-order valence-corrected chi connectivity index (χ4v) is 1.30. The molecule has 2 atom stereocenters. The summed E-state index contributed by atoms with van der Waals surface area (Å²) in [5.74, 6) is -0.984. The second-order valence-corrected chi connectivity index (χ2v) is 3.98. The zero-order valence-corrected chi connectivity index (χ0v) is 8.62. The summed E-state index contributed by atoms with van der Waals surface area (Å²) >= 11 is 0. The van der Waals surface area contributed by atoms with Crippen LogP contribution in [-0.2, 0) is 9.59 Å². The second-order valence-electron chi connectivity index (χ2n) is 3.98. The summed E-state index contributed by atoms with van der Waals surface area (Å²) in [5.41, 5.74) is 0. The first-order valence-corrected chi connectivity index (χ1v) is 5.09. The van der Waals surface area contributed by atoms with Crippen LogP contribution in [0.4, 0.5) is 0 Å². The molecule has 0 saturated heterocycles. The van der Waals surface area contributed by atoms with E-state index >= 15 is 0 Å². The molecule has 0 radical (unpaired) electrons. The molecule has 1 fully saturated rings. The van der Waals surface area contributed by atoms with Crippen LogP contribution < -0.4 is 5.32 Å². The largest absolute Gasteiger partial charge is 0.480 e. The van der Waals surface area contributed by atoms with Crippen LogP contribution in [0.1, 0.15) is 33.1 Å². The van der Waals surface area contributed by atoms with Gasteiger partial charge in [-0.2, -0.15) is 0 Å². The van der Waals surface area contributed by atoms with Crippen molar-refractivity contribution in [3.05, 3.63) is 0 Å². The van der Waals surface area contributed by atoms with Crippen LogP contribution in [-0.4, -0.2) is 23.0 Å². The molecule has 1 saturated carbocycles. The number of aliphatic carboxylic acids is 1. The highest BCUT2D eigenvalue weighted by atomic mass is 16.4. The van der Waals surface area contributed by atoms with Gasteiger partial charge in [0.05, 0.1) is 0 Å². The van der Waals surface area contributed by atoms with E-state index in [1.807, 2.05) is 13.8 Å². The molecule has 0 aromatic rings. The fraction of sp³-hybridized carbons (Fsp3) is 0.800. The summed E-state index contributed by atoms with van der Waals surface area (Å²) < 4.78 is 0. The monoisotopic (exact) mass is 199 g/mol. The lowest BCUT2D eigenvalue weighted by Gasteiger charge is -2.19. The molecule has 0 aromatic carbocycles. The molecule has 4 nitrogen and oxygen atoms in total. The van der Waals surface area contributed by atoms with Gasteiger partial charge in [0.1, 0.15) is 6.04 Å². The Hall–Kier alpha value is -1.06. The van der Waals surface area contributed by atoms with Crippen molar-refractivity contribution in [2.45, 2.75) is 39.2 Å². The van der Waals surface area contributed by atoms with E-state index in [4.69, 9.17) is 5.11 Å². The molecular formula is C10H17NO3. The molecule has 1 amide bonds. The Labute approximate surface area is 83.7 Å². The summed E-state index contributed by atoms with van der Waals surface area (Å²) in [6.07, 6.45) is 2.55. The molecule has 0 aliphatic heterocycles. The van der Waals surface area contributed by atoms with E-state index in [0.29, 0.717) is 0 Å². The Morgan fingerprint density at radius 1 is 1.50 bits per heavy atom. The predicted octanol–water partition coefficient (Wildman–Crippen LogP) is 1.01. The van der Waals surface area contributed by atoms with Gasteiger partial charge in [-0.3, -0.25) is 4.79 Å². The maximum atomic E-state index is 11.4. The normalized spacial score (nSPS) is 19.9. The van der Waals surface area contributed by atoms with Gasteiger partial charge in [0, 0.05) is 5.92 Å². The molecule has 1 aliphatic carbocycles. The number of carboxylic acids is 1. The zero-order chi connectivity index (χ0) is 10.7. The van der Waals surface area contributed by atoms with Crippen LogP contribution in [0.25, 0.3) is 0 Å². The smallest absolute Gasteiger partial charge is 0.326 e. The lowest BCUT2D eigenvalue weighted by atomic mass is 9.99. The highest BCUT2D eigenvalue weighted by molar-refractivity contribution is 5.86. The van der Waals surface area contributed by atoms with Gasteiger partial charge in [-0.1, -0.05) is 20.3 Å². The number of carbonyl (C=O) groups excluding carboxylic acids is 1. The van der Waals surface area contributed by atoms with Crippen molar-refractivity contribution in [1.82, 2.24) is 5.32 Å². The van der Waals surface area contributed by atoms with Crippen molar-refractivity contribution in [3.63, 3.8) is 0 Å². The summed E-state index contributed by atoms with van der Waals surface area (Å²) in [5, 5.41) is 11.5. The van der Waals surface area contributed by atoms with E-state index in [-0.39, 0.29) is 17.7 Å². The number of carboxylic acid groups (broad SMARTS) is 1. The molecule has 0 bridgehead atoms. The highest BCUT2D eigenvalue weighted by Crippen LogP contribution is 2.29. The minimum atomic E-state index is -0.937. The molecule has 0 spiro atoms. The van der Waals surface area contributed by atoms with Crippen LogP contribution >= 0.6 is 0 Å². The third-order valence-electron chi connectivity index (χ3n) is 2.72. The number of amides is 1. The number of hydrogen-bond acceptors (Lipinski definition) is 2. The topological polar surface area (TPSA) is 66.4 Å². The average molecular weight is 199 g/mol.